The lowest BCUT2D eigenvalue weighted by atomic mass is 9.97. The lowest BCUT2D eigenvalue weighted by molar-refractivity contribution is -0.359. The first-order valence-electron chi connectivity index (χ1n) is 25.7. The van der Waals surface area contributed by atoms with Crippen molar-refractivity contribution in [2.75, 3.05) is 19.8 Å². The second kappa shape index (κ2) is 37.3. The summed E-state index contributed by atoms with van der Waals surface area (Å²) in [7, 11) is 0. The van der Waals surface area contributed by atoms with Crippen molar-refractivity contribution in [3.05, 3.63) is 24.3 Å². The summed E-state index contributed by atoms with van der Waals surface area (Å²) in [4.78, 5) is 13.2. The Bertz CT molecular complexity index is 1210. The highest BCUT2D eigenvalue weighted by Crippen LogP contribution is 2.30. The largest absolute Gasteiger partial charge is 0.394 e. The van der Waals surface area contributed by atoms with Gasteiger partial charge in [-0.15, -0.1) is 0 Å². The number of ether oxygens (including phenoxy) is 4. The standard InChI is InChI=1S/C50H93NO14/c1-3-5-7-9-11-13-15-17-18-19-21-23-25-27-29-31-33-39(55)48(61)51-37(38(54)32-30-28-26-24-22-20-16-14-12-10-8-6-4-2)36-62-49-46(60)44(58)47(41(35-53)64-49)65-50-45(59)43(57)42(56)40(34-52)63-50/h22,24,30,32,37-47,49-50,52-60H,3-21,23,25-29,31,33-36H2,1-2H3,(H,51,61). The Hall–Kier alpha value is -1.57. The fourth-order valence-electron chi connectivity index (χ4n) is 8.43. The van der Waals surface area contributed by atoms with Crippen LogP contribution in [-0.2, 0) is 23.7 Å². The third-order valence-corrected chi connectivity index (χ3v) is 12.7. The monoisotopic (exact) mass is 932 g/mol. The van der Waals surface area contributed by atoms with Gasteiger partial charge in [0.15, 0.2) is 12.6 Å². The molecule has 382 valence electrons. The summed E-state index contributed by atoms with van der Waals surface area (Å²) in [6.45, 7) is 2.57. The molecule has 2 aliphatic heterocycles. The summed E-state index contributed by atoms with van der Waals surface area (Å²) in [5.41, 5.74) is 0. The zero-order chi connectivity index (χ0) is 47.7. The Morgan fingerprint density at radius 3 is 1.55 bits per heavy atom. The van der Waals surface area contributed by atoms with Crippen molar-refractivity contribution >= 4 is 5.91 Å². The molecular formula is C50H93NO14. The Morgan fingerprint density at radius 1 is 0.554 bits per heavy atom. The van der Waals surface area contributed by atoms with Crippen LogP contribution in [0.3, 0.4) is 0 Å². The van der Waals surface area contributed by atoms with E-state index in [9.17, 15) is 50.8 Å². The number of rotatable bonds is 39. The highest BCUT2D eigenvalue weighted by atomic mass is 16.7. The molecule has 13 unspecified atom stereocenters. The highest BCUT2D eigenvalue weighted by molar-refractivity contribution is 5.80. The van der Waals surface area contributed by atoms with E-state index in [1.54, 1.807) is 6.08 Å². The van der Waals surface area contributed by atoms with Crippen molar-refractivity contribution in [2.45, 2.75) is 267 Å². The van der Waals surface area contributed by atoms with Crippen molar-refractivity contribution < 1.29 is 69.7 Å². The van der Waals surface area contributed by atoms with Gasteiger partial charge in [0.05, 0.1) is 32.0 Å². The molecule has 0 aromatic rings. The van der Waals surface area contributed by atoms with Gasteiger partial charge in [-0.25, -0.2) is 0 Å². The molecule has 13 atom stereocenters. The molecule has 0 aromatic carbocycles. The molecule has 2 fully saturated rings. The van der Waals surface area contributed by atoms with Crippen molar-refractivity contribution in [3.63, 3.8) is 0 Å². The molecule has 0 radical (unpaired) electrons. The van der Waals surface area contributed by atoms with Crippen LogP contribution in [0.1, 0.15) is 187 Å². The van der Waals surface area contributed by atoms with Gasteiger partial charge < -0.3 is 70.2 Å². The predicted octanol–water partition coefficient (Wildman–Crippen LogP) is 5.52. The van der Waals surface area contributed by atoms with Crippen molar-refractivity contribution in [1.29, 1.82) is 0 Å². The Labute approximate surface area is 391 Å². The van der Waals surface area contributed by atoms with Gasteiger partial charge in [0.1, 0.15) is 54.9 Å². The van der Waals surface area contributed by atoms with Gasteiger partial charge in [-0.05, 0) is 32.1 Å². The zero-order valence-corrected chi connectivity index (χ0v) is 40.1. The fraction of sp³-hybridized carbons (Fsp3) is 0.900. The molecule has 15 nitrogen and oxygen atoms in total. The summed E-state index contributed by atoms with van der Waals surface area (Å²) in [5, 5.41) is 97.3. The van der Waals surface area contributed by atoms with Crippen LogP contribution in [0.25, 0.3) is 0 Å². The molecule has 2 heterocycles. The molecule has 15 heteroatoms. The summed E-state index contributed by atoms with van der Waals surface area (Å²) in [5.74, 6) is -0.688. The molecular weight excluding hydrogens is 839 g/mol. The first-order chi connectivity index (χ1) is 31.5. The van der Waals surface area contributed by atoms with E-state index in [0.29, 0.717) is 12.8 Å². The molecule has 2 saturated heterocycles. The molecule has 2 rings (SSSR count). The maximum atomic E-state index is 13.2. The van der Waals surface area contributed by atoms with E-state index in [0.717, 1.165) is 38.5 Å². The molecule has 1 amide bonds. The van der Waals surface area contributed by atoms with Gasteiger partial charge in [-0.2, -0.15) is 0 Å². The van der Waals surface area contributed by atoms with Gasteiger partial charge >= 0.3 is 0 Å². The van der Waals surface area contributed by atoms with E-state index in [1.165, 1.54) is 122 Å². The molecule has 10 N–H and O–H groups in total. The van der Waals surface area contributed by atoms with Crippen LogP contribution in [0.15, 0.2) is 24.3 Å². The quantitative estimate of drug-likeness (QED) is 0.0270. The normalized spacial score (nSPS) is 27.7. The topological polar surface area (TPSA) is 248 Å². The Balaban J connectivity index is 1.89. The van der Waals surface area contributed by atoms with E-state index < -0.39 is 105 Å². The molecule has 0 spiro atoms. The molecule has 0 aliphatic carbocycles. The smallest absolute Gasteiger partial charge is 0.249 e. The average molecular weight is 932 g/mol. The van der Waals surface area contributed by atoms with E-state index in [4.69, 9.17) is 18.9 Å². The second-order valence-corrected chi connectivity index (χ2v) is 18.4. The maximum absolute atomic E-state index is 13.2. The number of allylic oxidation sites excluding steroid dienone is 3. The summed E-state index contributed by atoms with van der Waals surface area (Å²) in [6, 6.07) is -1.10. The minimum atomic E-state index is -1.81. The number of unbranched alkanes of at least 4 members (excludes halogenated alkanes) is 23. The number of amides is 1. The summed E-state index contributed by atoms with van der Waals surface area (Å²) >= 11 is 0. The third kappa shape index (κ3) is 24.5. The SMILES string of the molecule is CCCCCCCCCC=CCCC=CC(O)C(COC1OC(CO)C(OC2OC(CO)C(O)C(O)C2O)C(O)C1O)NC(=O)C(O)CCCCCCCCCCCCCCCCCC. The highest BCUT2D eigenvalue weighted by Gasteiger charge is 2.51. The van der Waals surface area contributed by atoms with Crippen LogP contribution in [-0.4, -0.2) is 151 Å². The minimum absolute atomic E-state index is 0.250. The van der Waals surface area contributed by atoms with Gasteiger partial charge in [-0.3, -0.25) is 4.79 Å². The minimum Gasteiger partial charge on any atom is -0.394 e. The summed E-state index contributed by atoms with van der Waals surface area (Å²) in [6.07, 6.45) is 19.7. The third-order valence-electron chi connectivity index (χ3n) is 12.7. The Kier molecular flexibility index (Phi) is 34.2. The fourth-order valence-corrected chi connectivity index (χ4v) is 8.43. The number of nitrogens with one attached hydrogen (secondary N) is 1. The molecule has 2 aliphatic rings. The number of hydrogen-bond acceptors (Lipinski definition) is 14. The maximum Gasteiger partial charge on any atom is 0.249 e. The van der Waals surface area contributed by atoms with Crippen LogP contribution >= 0.6 is 0 Å². The van der Waals surface area contributed by atoms with Gasteiger partial charge in [-0.1, -0.05) is 179 Å². The number of carbonyl (C=O) groups excluding carboxylic acids is 1. The lowest BCUT2D eigenvalue weighted by Gasteiger charge is -2.46. The number of carbonyl (C=O) groups is 1. The van der Waals surface area contributed by atoms with Crippen LogP contribution < -0.4 is 5.32 Å². The van der Waals surface area contributed by atoms with Crippen molar-refractivity contribution in [1.82, 2.24) is 5.32 Å². The molecule has 0 bridgehead atoms. The van der Waals surface area contributed by atoms with Crippen molar-refractivity contribution in [3.8, 4) is 0 Å². The zero-order valence-electron chi connectivity index (χ0n) is 40.1. The van der Waals surface area contributed by atoms with E-state index in [-0.39, 0.29) is 6.42 Å². The number of hydrogen-bond donors (Lipinski definition) is 10. The molecule has 65 heavy (non-hydrogen) atoms. The first kappa shape index (κ1) is 59.6. The molecule has 0 saturated carbocycles. The average Bonchev–Trinajstić information content (AvgIpc) is 3.30. The van der Waals surface area contributed by atoms with Gasteiger partial charge in [0.25, 0.3) is 0 Å². The molecule has 0 aromatic heterocycles. The van der Waals surface area contributed by atoms with Gasteiger partial charge in [0, 0.05) is 0 Å². The lowest BCUT2D eigenvalue weighted by Crippen LogP contribution is -2.65. The predicted molar refractivity (Wildman–Crippen MR) is 251 cm³/mol. The van der Waals surface area contributed by atoms with Crippen LogP contribution in [0.5, 0.6) is 0 Å². The van der Waals surface area contributed by atoms with Crippen LogP contribution in [0.4, 0.5) is 0 Å². The van der Waals surface area contributed by atoms with Crippen LogP contribution in [0.2, 0.25) is 0 Å². The van der Waals surface area contributed by atoms with Gasteiger partial charge in [0.2, 0.25) is 5.91 Å². The van der Waals surface area contributed by atoms with Crippen LogP contribution in [0, 0.1) is 0 Å². The first-order valence-corrected chi connectivity index (χ1v) is 25.7. The van der Waals surface area contributed by atoms with Crippen molar-refractivity contribution in [2.24, 2.45) is 0 Å². The van der Waals surface area contributed by atoms with E-state index in [2.05, 4.69) is 31.3 Å². The summed E-state index contributed by atoms with van der Waals surface area (Å²) < 4.78 is 22.6. The van der Waals surface area contributed by atoms with E-state index in [1.807, 2.05) is 0 Å². The van der Waals surface area contributed by atoms with E-state index >= 15 is 0 Å². The Morgan fingerprint density at radius 2 is 1.02 bits per heavy atom. The number of aliphatic hydroxyl groups excluding tert-OH is 9. The number of aliphatic hydroxyl groups is 9. The second-order valence-electron chi connectivity index (χ2n) is 18.4.